The third-order valence-electron chi connectivity index (χ3n) is 5.53. The summed E-state index contributed by atoms with van der Waals surface area (Å²) < 4.78 is 0. The Labute approximate surface area is 182 Å². The minimum absolute atomic E-state index is 0. The molecule has 2 aliphatic heterocycles. The van der Waals surface area contributed by atoms with Gasteiger partial charge < -0.3 is 42.4 Å². The van der Waals surface area contributed by atoms with E-state index >= 15 is 0 Å². The molecule has 182 valence electrons. The molecule has 0 aliphatic carbocycles. The second kappa shape index (κ2) is 15.5. The second-order valence-corrected chi connectivity index (χ2v) is 7.75. The van der Waals surface area contributed by atoms with Crippen LogP contribution in [0, 0.1) is 11.8 Å². The van der Waals surface area contributed by atoms with Crippen LogP contribution in [0.5, 0.6) is 0 Å². The van der Waals surface area contributed by atoms with Crippen molar-refractivity contribution in [1.29, 1.82) is 0 Å². The number of amides is 3. The van der Waals surface area contributed by atoms with Crippen LogP contribution in [-0.2, 0) is 19.2 Å². The zero-order chi connectivity index (χ0) is 20.5. The summed E-state index contributed by atoms with van der Waals surface area (Å²) in [5, 5.41) is 17.3. The highest BCUT2D eigenvalue weighted by Crippen LogP contribution is 2.21. The summed E-state index contributed by atoms with van der Waals surface area (Å²) in [6.45, 7) is 4.12. The maximum Gasteiger partial charge on any atom is 0.328 e. The van der Waals surface area contributed by atoms with Crippen molar-refractivity contribution in [3.63, 3.8) is 0 Å². The molecule has 2 rings (SSSR count). The van der Waals surface area contributed by atoms with Crippen molar-refractivity contribution < 1.29 is 40.7 Å². The first-order chi connectivity index (χ1) is 13.4. The Bertz CT molecular complexity index is 583. The number of piperidine rings is 2. The van der Waals surface area contributed by atoms with Gasteiger partial charge in [-0.1, -0.05) is 0 Å². The third-order valence-corrected chi connectivity index (χ3v) is 5.53. The van der Waals surface area contributed by atoms with Crippen LogP contribution in [0.4, 0.5) is 0 Å². The van der Waals surface area contributed by atoms with Crippen LogP contribution in [-0.4, -0.2) is 88.9 Å². The van der Waals surface area contributed by atoms with E-state index < -0.39 is 17.9 Å². The molecule has 0 aromatic carbocycles. The Kier molecular flexibility index (Phi) is 15.5. The molecule has 2 atom stereocenters. The highest BCUT2D eigenvalue weighted by atomic mass is 16.4. The van der Waals surface area contributed by atoms with Crippen LogP contribution < -0.4 is 16.0 Å². The largest absolute Gasteiger partial charge is 0.480 e. The number of rotatable bonds is 8. The fraction of sp³-hybridized carbons (Fsp3) is 0.789. The second-order valence-electron chi connectivity index (χ2n) is 7.75. The van der Waals surface area contributed by atoms with Crippen molar-refractivity contribution in [2.45, 2.75) is 51.5 Å². The normalized spacial score (nSPS) is 19.5. The molecule has 2 saturated heterocycles. The predicted molar refractivity (Wildman–Crippen MR) is 113 cm³/mol. The highest BCUT2D eigenvalue weighted by Gasteiger charge is 2.29. The van der Waals surface area contributed by atoms with Crippen molar-refractivity contribution in [3.05, 3.63) is 0 Å². The van der Waals surface area contributed by atoms with Crippen molar-refractivity contribution in [2.75, 3.05) is 32.7 Å². The van der Waals surface area contributed by atoms with Crippen molar-refractivity contribution in [3.8, 4) is 0 Å². The lowest BCUT2D eigenvalue weighted by atomic mass is 9.92. The molecule has 10 N–H and O–H groups in total. The smallest absolute Gasteiger partial charge is 0.328 e. The SMILES string of the molecule is CC(=O)NC(CNC(=O)[C@@H]1CCCN(C(=O)CCC2CCNCC2)C1)C(=O)O.O.O.O. The molecule has 0 radical (unpaired) electrons. The monoisotopic (exact) mass is 450 g/mol. The Morgan fingerprint density at radius 3 is 2.32 bits per heavy atom. The lowest BCUT2D eigenvalue weighted by molar-refractivity contribution is -0.141. The summed E-state index contributed by atoms with van der Waals surface area (Å²) in [7, 11) is 0. The molecule has 0 bridgehead atoms. The fourth-order valence-corrected chi connectivity index (χ4v) is 3.87. The van der Waals surface area contributed by atoms with E-state index in [0.717, 1.165) is 38.8 Å². The van der Waals surface area contributed by atoms with E-state index in [1.54, 1.807) is 4.90 Å². The van der Waals surface area contributed by atoms with E-state index in [1.165, 1.54) is 6.92 Å². The zero-order valence-corrected chi connectivity index (χ0v) is 18.0. The van der Waals surface area contributed by atoms with Crippen LogP contribution in [0.15, 0.2) is 0 Å². The molecule has 0 aromatic rings. The Morgan fingerprint density at radius 1 is 1.10 bits per heavy atom. The van der Waals surface area contributed by atoms with E-state index in [0.29, 0.717) is 31.8 Å². The van der Waals surface area contributed by atoms with Gasteiger partial charge in [-0.05, 0) is 51.1 Å². The molecule has 2 heterocycles. The first-order valence-electron chi connectivity index (χ1n) is 10.1. The molecule has 1 unspecified atom stereocenters. The van der Waals surface area contributed by atoms with Crippen molar-refractivity contribution in [2.24, 2.45) is 11.8 Å². The van der Waals surface area contributed by atoms with Gasteiger partial charge in [0, 0.05) is 33.0 Å². The molecule has 3 amide bonds. The van der Waals surface area contributed by atoms with E-state index in [-0.39, 0.29) is 40.7 Å². The van der Waals surface area contributed by atoms with Crippen LogP contribution in [0.25, 0.3) is 0 Å². The lowest BCUT2D eigenvalue weighted by Gasteiger charge is -2.33. The van der Waals surface area contributed by atoms with Gasteiger partial charge in [0.1, 0.15) is 6.04 Å². The van der Waals surface area contributed by atoms with E-state index in [4.69, 9.17) is 5.11 Å². The standard InChI is InChI=1S/C19H32N4O5.3H2O/c1-13(24)22-16(19(27)28)11-21-18(26)15-3-2-10-23(12-15)17(25)5-4-14-6-8-20-9-7-14;;;/h14-16,20H,2-12H2,1H3,(H,21,26)(H,22,24)(H,27,28);3*1H2/t15-,16?;;;/m1.../s1. The van der Waals surface area contributed by atoms with Gasteiger partial charge in [-0.15, -0.1) is 0 Å². The number of aliphatic carboxylic acids is 1. The van der Waals surface area contributed by atoms with Crippen molar-refractivity contribution >= 4 is 23.7 Å². The average Bonchev–Trinajstić information content (AvgIpc) is 2.69. The lowest BCUT2D eigenvalue weighted by Crippen LogP contribution is -2.51. The van der Waals surface area contributed by atoms with E-state index in [9.17, 15) is 19.2 Å². The summed E-state index contributed by atoms with van der Waals surface area (Å²) in [5.74, 6) is -1.59. The first-order valence-corrected chi connectivity index (χ1v) is 10.1. The predicted octanol–water partition coefficient (Wildman–Crippen LogP) is -2.76. The average molecular weight is 451 g/mol. The number of nitrogens with zero attached hydrogens (tertiary/aromatic N) is 1. The van der Waals surface area contributed by atoms with Gasteiger partial charge in [0.05, 0.1) is 5.92 Å². The topological polar surface area (TPSA) is 222 Å². The number of hydrogen-bond acceptors (Lipinski definition) is 5. The minimum atomic E-state index is -1.20. The van der Waals surface area contributed by atoms with Gasteiger partial charge in [0.2, 0.25) is 17.7 Å². The number of carboxylic acids is 1. The van der Waals surface area contributed by atoms with Gasteiger partial charge >= 0.3 is 5.97 Å². The number of carbonyl (C=O) groups excluding carboxylic acids is 3. The van der Waals surface area contributed by atoms with Crippen LogP contribution >= 0.6 is 0 Å². The summed E-state index contributed by atoms with van der Waals surface area (Å²) in [6, 6.07) is -1.16. The van der Waals surface area contributed by atoms with Gasteiger partial charge in [-0.3, -0.25) is 14.4 Å². The van der Waals surface area contributed by atoms with E-state index in [1.807, 2.05) is 0 Å². The van der Waals surface area contributed by atoms with Crippen LogP contribution in [0.3, 0.4) is 0 Å². The minimum Gasteiger partial charge on any atom is -0.480 e. The molecule has 2 aliphatic rings. The van der Waals surface area contributed by atoms with Crippen LogP contribution in [0.2, 0.25) is 0 Å². The number of hydrogen-bond donors (Lipinski definition) is 4. The molecule has 0 aromatic heterocycles. The van der Waals surface area contributed by atoms with Gasteiger partial charge in [0.25, 0.3) is 0 Å². The molecule has 0 spiro atoms. The number of likely N-dealkylation sites (tertiary alicyclic amines) is 1. The molecule has 0 saturated carbocycles. The molecule has 12 heteroatoms. The van der Waals surface area contributed by atoms with Gasteiger partial charge in [-0.2, -0.15) is 0 Å². The summed E-state index contributed by atoms with van der Waals surface area (Å²) >= 11 is 0. The van der Waals surface area contributed by atoms with Crippen LogP contribution in [0.1, 0.15) is 45.4 Å². The summed E-state index contributed by atoms with van der Waals surface area (Å²) in [6.07, 6.45) is 5.05. The summed E-state index contributed by atoms with van der Waals surface area (Å²) in [4.78, 5) is 48.9. The Hall–Kier alpha value is -2.28. The maximum absolute atomic E-state index is 12.5. The quantitative estimate of drug-likeness (QED) is 0.306. The molecular formula is C19H38N4O8. The molecule has 31 heavy (non-hydrogen) atoms. The Morgan fingerprint density at radius 2 is 1.74 bits per heavy atom. The number of carbonyl (C=O) groups is 4. The highest BCUT2D eigenvalue weighted by molar-refractivity contribution is 5.84. The zero-order valence-electron chi connectivity index (χ0n) is 18.0. The number of nitrogens with one attached hydrogen (secondary N) is 3. The maximum atomic E-state index is 12.5. The number of carboxylic acid groups (broad SMARTS) is 1. The van der Waals surface area contributed by atoms with E-state index in [2.05, 4.69) is 16.0 Å². The van der Waals surface area contributed by atoms with Crippen molar-refractivity contribution in [1.82, 2.24) is 20.9 Å². The fourth-order valence-electron chi connectivity index (χ4n) is 3.87. The van der Waals surface area contributed by atoms with Gasteiger partial charge in [0.15, 0.2) is 0 Å². The first kappa shape index (κ1) is 30.9. The molecular weight excluding hydrogens is 412 g/mol. The Balaban J connectivity index is 0. The molecule has 12 nitrogen and oxygen atoms in total. The third kappa shape index (κ3) is 10.5. The summed E-state index contributed by atoms with van der Waals surface area (Å²) in [5.41, 5.74) is 0. The molecule has 2 fully saturated rings. The van der Waals surface area contributed by atoms with Gasteiger partial charge in [-0.25, -0.2) is 4.79 Å².